The van der Waals surface area contributed by atoms with Gasteiger partial charge in [-0.05, 0) is 76.1 Å². The smallest absolute Gasteiger partial charge is 0.300 e. The molecule has 1 saturated heterocycles. The van der Waals surface area contributed by atoms with Gasteiger partial charge in [-0.3, -0.25) is 14.5 Å². The lowest BCUT2D eigenvalue weighted by atomic mass is 9.98. The van der Waals surface area contributed by atoms with Gasteiger partial charge >= 0.3 is 0 Å². The number of ketones is 1. The number of aliphatic hydroxyl groups excluding tert-OH is 1. The van der Waals surface area contributed by atoms with E-state index in [1.165, 1.54) is 4.90 Å². The summed E-state index contributed by atoms with van der Waals surface area (Å²) in [5.74, 6) is 0.0733. The van der Waals surface area contributed by atoms with Gasteiger partial charge in [0.05, 0.1) is 24.4 Å². The van der Waals surface area contributed by atoms with Crippen LogP contribution < -0.4 is 14.4 Å². The third-order valence-corrected chi connectivity index (χ3v) is 6.13. The molecule has 7 heteroatoms. The molecule has 1 fully saturated rings. The summed E-state index contributed by atoms with van der Waals surface area (Å²) in [4.78, 5) is 28.2. The van der Waals surface area contributed by atoms with Crippen LogP contribution in [-0.4, -0.2) is 30.0 Å². The van der Waals surface area contributed by atoms with E-state index in [4.69, 9.17) is 13.9 Å². The minimum absolute atomic E-state index is 0.0598. The van der Waals surface area contributed by atoms with Crippen LogP contribution >= 0.6 is 0 Å². The highest BCUT2D eigenvalue weighted by atomic mass is 16.5. The maximum atomic E-state index is 13.4. The fourth-order valence-corrected chi connectivity index (χ4v) is 4.32. The van der Waals surface area contributed by atoms with Crippen molar-refractivity contribution in [3.05, 3.63) is 82.3 Å². The molecule has 2 heterocycles. The van der Waals surface area contributed by atoms with Gasteiger partial charge in [-0.2, -0.15) is 0 Å². The van der Waals surface area contributed by atoms with Crippen molar-refractivity contribution in [3.8, 4) is 11.5 Å². The maximum Gasteiger partial charge on any atom is 0.300 e. The molecule has 35 heavy (non-hydrogen) atoms. The molecule has 0 bridgehead atoms. The number of carbonyl (C=O) groups excluding carboxylic acids is 2. The SMILES string of the molecule is CCOc1ccc(/C(O)=C2/C(=O)C(=O)N(c3cccc(C)c3C)C2c2ccc(C)o2)c(OCC)c1. The van der Waals surface area contributed by atoms with Gasteiger partial charge in [-0.25, -0.2) is 0 Å². The number of aryl methyl sites for hydroxylation is 2. The van der Waals surface area contributed by atoms with Gasteiger partial charge in [0.25, 0.3) is 11.7 Å². The number of rotatable bonds is 7. The molecule has 1 aromatic heterocycles. The van der Waals surface area contributed by atoms with Crippen LogP contribution in [0.5, 0.6) is 11.5 Å². The summed E-state index contributed by atoms with van der Waals surface area (Å²) in [5.41, 5.74) is 2.66. The molecular formula is C28H29NO6. The summed E-state index contributed by atoms with van der Waals surface area (Å²) >= 11 is 0. The molecule has 4 rings (SSSR count). The highest BCUT2D eigenvalue weighted by Gasteiger charge is 2.49. The van der Waals surface area contributed by atoms with Crippen LogP contribution in [0.1, 0.15) is 48.1 Å². The number of carbonyl (C=O) groups is 2. The summed E-state index contributed by atoms with van der Waals surface area (Å²) in [6.07, 6.45) is 0. The van der Waals surface area contributed by atoms with Gasteiger partial charge in [0.2, 0.25) is 0 Å². The highest BCUT2D eigenvalue weighted by Crippen LogP contribution is 2.45. The summed E-state index contributed by atoms with van der Waals surface area (Å²) < 4.78 is 17.2. The predicted octanol–water partition coefficient (Wildman–Crippen LogP) is 5.63. The number of anilines is 1. The number of furan rings is 1. The number of aliphatic hydroxyl groups is 1. The van der Waals surface area contributed by atoms with Crippen LogP contribution in [0, 0.1) is 20.8 Å². The molecule has 1 amide bonds. The molecule has 1 aliphatic heterocycles. The van der Waals surface area contributed by atoms with E-state index in [2.05, 4.69) is 0 Å². The van der Waals surface area contributed by atoms with E-state index >= 15 is 0 Å². The van der Waals surface area contributed by atoms with Gasteiger partial charge in [-0.1, -0.05) is 12.1 Å². The van der Waals surface area contributed by atoms with Crippen LogP contribution in [0.3, 0.4) is 0 Å². The van der Waals surface area contributed by atoms with Crippen molar-refractivity contribution in [2.24, 2.45) is 0 Å². The third-order valence-electron chi connectivity index (χ3n) is 6.13. The summed E-state index contributed by atoms with van der Waals surface area (Å²) in [5, 5.41) is 11.5. The Morgan fingerprint density at radius 2 is 1.74 bits per heavy atom. The first-order valence-corrected chi connectivity index (χ1v) is 11.6. The second-order valence-electron chi connectivity index (χ2n) is 8.36. The number of hydrogen-bond donors (Lipinski definition) is 1. The standard InChI is InChI=1S/C28H29NO6/c1-6-33-19-12-13-20(23(15-19)34-7-2)26(30)24-25(22-14-11-17(4)35-22)29(28(32)27(24)31)21-10-8-9-16(3)18(21)5/h8-15,25,30H,6-7H2,1-5H3/b26-24-. The first-order valence-electron chi connectivity index (χ1n) is 11.6. The lowest BCUT2D eigenvalue weighted by Crippen LogP contribution is -2.30. The number of amides is 1. The zero-order valence-corrected chi connectivity index (χ0v) is 20.5. The zero-order valence-electron chi connectivity index (χ0n) is 20.5. The lowest BCUT2D eigenvalue weighted by Gasteiger charge is -2.25. The average Bonchev–Trinajstić information content (AvgIpc) is 3.37. The molecule has 1 atom stereocenters. The fraction of sp³-hybridized carbons (Fsp3) is 0.286. The molecule has 0 radical (unpaired) electrons. The summed E-state index contributed by atoms with van der Waals surface area (Å²) in [7, 11) is 0. The molecule has 3 aromatic rings. The molecule has 0 spiro atoms. The number of Topliss-reactive ketones (excluding diaryl/α,β-unsaturated/α-hetero) is 1. The van der Waals surface area contributed by atoms with Crippen molar-refractivity contribution in [1.29, 1.82) is 0 Å². The fourth-order valence-electron chi connectivity index (χ4n) is 4.32. The monoisotopic (exact) mass is 475 g/mol. The van der Waals surface area contributed by atoms with Gasteiger partial charge < -0.3 is 19.0 Å². The van der Waals surface area contributed by atoms with E-state index in [-0.39, 0.29) is 11.3 Å². The molecule has 0 aliphatic carbocycles. The Bertz CT molecular complexity index is 1320. The number of ether oxygens (including phenoxy) is 2. The Morgan fingerprint density at radius 3 is 2.40 bits per heavy atom. The molecule has 1 N–H and O–H groups in total. The Hall–Kier alpha value is -4.00. The normalized spacial score (nSPS) is 17.2. The van der Waals surface area contributed by atoms with E-state index in [1.807, 2.05) is 39.8 Å². The minimum Gasteiger partial charge on any atom is -0.507 e. The lowest BCUT2D eigenvalue weighted by molar-refractivity contribution is -0.132. The van der Waals surface area contributed by atoms with Crippen LogP contribution in [0.15, 0.2) is 58.5 Å². The van der Waals surface area contributed by atoms with Gasteiger partial charge in [0, 0.05) is 11.8 Å². The first kappa shape index (κ1) is 24.1. The second-order valence-corrected chi connectivity index (χ2v) is 8.36. The van der Waals surface area contributed by atoms with E-state index in [1.54, 1.807) is 43.3 Å². The van der Waals surface area contributed by atoms with Crippen molar-refractivity contribution in [2.45, 2.75) is 40.7 Å². The van der Waals surface area contributed by atoms with Crippen molar-refractivity contribution < 1.29 is 28.6 Å². The number of benzene rings is 2. The summed E-state index contributed by atoms with van der Waals surface area (Å²) in [6, 6.07) is 13.1. The highest BCUT2D eigenvalue weighted by molar-refractivity contribution is 6.51. The van der Waals surface area contributed by atoms with Crippen LogP contribution in [-0.2, 0) is 9.59 Å². The van der Waals surface area contributed by atoms with E-state index in [0.717, 1.165) is 11.1 Å². The number of hydrogen-bond acceptors (Lipinski definition) is 6. The maximum absolute atomic E-state index is 13.4. The molecule has 1 unspecified atom stereocenters. The Morgan fingerprint density at radius 1 is 1.00 bits per heavy atom. The molecule has 1 aliphatic rings. The predicted molar refractivity (Wildman–Crippen MR) is 133 cm³/mol. The van der Waals surface area contributed by atoms with Crippen LogP contribution in [0.2, 0.25) is 0 Å². The van der Waals surface area contributed by atoms with Crippen LogP contribution in [0.4, 0.5) is 5.69 Å². The Balaban J connectivity index is 1.96. The quantitative estimate of drug-likeness (QED) is 0.271. The number of nitrogens with zero attached hydrogens (tertiary/aromatic N) is 1. The molecule has 182 valence electrons. The van der Waals surface area contributed by atoms with Gasteiger partial charge in [0.1, 0.15) is 34.8 Å². The van der Waals surface area contributed by atoms with Gasteiger partial charge in [0.15, 0.2) is 0 Å². The Kier molecular flexibility index (Phi) is 6.69. The summed E-state index contributed by atoms with van der Waals surface area (Å²) in [6.45, 7) is 10.1. The molecule has 2 aromatic carbocycles. The van der Waals surface area contributed by atoms with E-state index < -0.39 is 17.7 Å². The average molecular weight is 476 g/mol. The van der Waals surface area contributed by atoms with Crippen molar-refractivity contribution in [2.75, 3.05) is 18.1 Å². The van der Waals surface area contributed by atoms with E-state index in [0.29, 0.717) is 47.5 Å². The minimum atomic E-state index is -0.940. The second kappa shape index (κ2) is 9.70. The zero-order chi connectivity index (χ0) is 25.3. The topological polar surface area (TPSA) is 89.2 Å². The van der Waals surface area contributed by atoms with Crippen molar-refractivity contribution >= 4 is 23.1 Å². The third kappa shape index (κ3) is 4.30. The van der Waals surface area contributed by atoms with Crippen molar-refractivity contribution in [1.82, 2.24) is 0 Å². The van der Waals surface area contributed by atoms with E-state index in [9.17, 15) is 14.7 Å². The molecular weight excluding hydrogens is 446 g/mol. The molecule has 0 saturated carbocycles. The van der Waals surface area contributed by atoms with Crippen LogP contribution in [0.25, 0.3) is 5.76 Å². The molecule has 7 nitrogen and oxygen atoms in total. The first-order chi connectivity index (χ1) is 16.8. The van der Waals surface area contributed by atoms with Crippen molar-refractivity contribution in [3.63, 3.8) is 0 Å². The van der Waals surface area contributed by atoms with Gasteiger partial charge in [-0.15, -0.1) is 0 Å². The largest absolute Gasteiger partial charge is 0.507 e. The Labute approximate surface area is 204 Å².